The second-order valence-corrected chi connectivity index (χ2v) is 5.55. The predicted octanol–water partition coefficient (Wildman–Crippen LogP) is -0.197. The van der Waals surface area contributed by atoms with Crippen molar-refractivity contribution in [2.24, 2.45) is 7.05 Å². The van der Waals surface area contributed by atoms with Crippen LogP contribution in [0.2, 0.25) is 0 Å². The van der Waals surface area contributed by atoms with Gasteiger partial charge in [-0.3, -0.25) is 28.5 Å². The molecule has 0 saturated heterocycles. The average molecular weight is 357 g/mol. The molecule has 0 aliphatic carbocycles. The minimum atomic E-state index is -1.14. The maximum Gasteiger partial charge on any atom is 0.329 e. The van der Waals surface area contributed by atoms with E-state index in [1.54, 1.807) is 30.3 Å². The van der Waals surface area contributed by atoms with Crippen molar-refractivity contribution < 1.29 is 14.7 Å². The number of H-pyrrole nitrogens is 1. The standard InChI is InChI=1S/C16H15N5O5/c1-20-13-12(14(25)19-16(20)26)21(15(18-13)17-7-11(23)24)8-10(22)9-5-3-2-4-6-9/h2-6H,7-8H2,1H3,(H,17,18)(H,23,24)(H,19,25,26). The molecule has 0 saturated carbocycles. The predicted molar refractivity (Wildman–Crippen MR) is 92.5 cm³/mol. The number of aromatic amines is 1. The van der Waals surface area contributed by atoms with E-state index in [4.69, 9.17) is 5.11 Å². The van der Waals surface area contributed by atoms with Gasteiger partial charge in [-0.25, -0.2) is 4.79 Å². The van der Waals surface area contributed by atoms with Crippen molar-refractivity contribution in [3.8, 4) is 0 Å². The van der Waals surface area contributed by atoms with Gasteiger partial charge >= 0.3 is 11.7 Å². The summed E-state index contributed by atoms with van der Waals surface area (Å²) in [7, 11) is 1.41. The van der Waals surface area contributed by atoms with Crippen LogP contribution in [-0.2, 0) is 18.4 Å². The van der Waals surface area contributed by atoms with Crippen LogP contribution in [-0.4, -0.2) is 42.5 Å². The number of carbonyl (C=O) groups is 2. The zero-order valence-corrected chi connectivity index (χ0v) is 13.7. The van der Waals surface area contributed by atoms with E-state index >= 15 is 0 Å². The van der Waals surface area contributed by atoms with Gasteiger partial charge in [-0.2, -0.15) is 4.98 Å². The number of ketones is 1. The SMILES string of the molecule is Cn1c(=O)[nH]c(=O)c2c1nc(NCC(=O)O)n2CC(=O)c1ccccc1. The normalized spacial score (nSPS) is 10.8. The molecule has 10 nitrogen and oxygen atoms in total. The first-order chi connectivity index (χ1) is 12.4. The molecule has 3 aromatic rings. The third-order valence-corrected chi connectivity index (χ3v) is 3.80. The smallest absolute Gasteiger partial charge is 0.329 e. The molecule has 0 unspecified atom stereocenters. The molecule has 0 fully saturated rings. The molecule has 26 heavy (non-hydrogen) atoms. The highest BCUT2D eigenvalue weighted by atomic mass is 16.4. The van der Waals surface area contributed by atoms with Gasteiger partial charge in [0.15, 0.2) is 16.9 Å². The lowest BCUT2D eigenvalue weighted by Gasteiger charge is -2.08. The number of hydrogen-bond acceptors (Lipinski definition) is 6. The number of aliphatic carboxylic acids is 1. The van der Waals surface area contributed by atoms with E-state index in [9.17, 15) is 19.2 Å². The first-order valence-electron chi connectivity index (χ1n) is 7.62. The number of carboxylic acid groups (broad SMARTS) is 1. The number of carboxylic acids is 1. The number of nitrogens with zero attached hydrogens (tertiary/aromatic N) is 3. The number of nitrogens with one attached hydrogen (secondary N) is 2. The molecule has 134 valence electrons. The number of aryl methyl sites for hydroxylation is 1. The van der Waals surface area contributed by atoms with Crippen molar-refractivity contribution in [1.29, 1.82) is 0 Å². The molecule has 0 amide bonds. The van der Waals surface area contributed by atoms with E-state index in [0.717, 1.165) is 4.57 Å². The summed E-state index contributed by atoms with van der Waals surface area (Å²) >= 11 is 0. The van der Waals surface area contributed by atoms with Gasteiger partial charge < -0.3 is 10.4 Å². The molecule has 0 bridgehead atoms. The molecule has 2 aromatic heterocycles. The largest absolute Gasteiger partial charge is 0.480 e. The number of carbonyl (C=O) groups excluding carboxylic acids is 1. The Hall–Kier alpha value is -3.69. The van der Waals surface area contributed by atoms with Gasteiger partial charge in [0.1, 0.15) is 6.54 Å². The van der Waals surface area contributed by atoms with Gasteiger partial charge in [0.25, 0.3) is 5.56 Å². The Bertz CT molecular complexity index is 1110. The Kier molecular flexibility index (Phi) is 4.40. The summed E-state index contributed by atoms with van der Waals surface area (Å²) in [6.07, 6.45) is 0. The van der Waals surface area contributed by atoms with Gasteiger partial charge in [0, 0.05) is 12.6 Å². The molecule has 0 aliphatic heterocycles. The Labute approximate surface area is 145 Å². The summed E-state index contributed by atoms with van der Waals surface area (Å²) in [6, 6.07) is 8.44. The Morgan fingerprint density at radius 3 is 2.58 bits per heavy atom. The quantitative estimate of drug-likeness (QED) is 0.519. The number of rotatable bonds is 6. The lowest BCUT2D eigenvalue weighted by atomic mass is 10.1. The summed E-state index contributed by atoms with van der Waals surface area (Å²) in [5.41, 5.74) is -0.886. The Morgan fingerprint density at radius 1 is 1.23 bits per heavy atom. The van der Waals surface area contributed by atoms with Crippen LogP contribution in [0.5, 0.6) is 0 Å². The Morgan fingerprint density at radius 2 is 1.92 bits per heavy atom. The van der Waals surface area contributed by atoms with Gasteiger partial charge in [-0.15, -0.1) is 0 Å². The van der Waals surface area contributed by atoms with E-state index in [-0.39, 0.29) is 29.4 Å². The number of fused-ring (bicyclic) bond motifs is 1. The number of Topliss-reactive ketones (excluding diaryl/α,β-unsaturated/α-hetero) is 1. The molecule has 0 spiro atoms. The van der Waals surface area contributed by atoms with Crippen LogP contribution in [0, 0.1) is 0 Å². The lowest BCUT2D eigenvalue weighted by molar-refractivity contribution is -0.134. The van der Waals surface area contributed by atoms with E-state index in [2.05, 4.69) is 15.3 Å². The molecule has 0 aliphatic rings. The number of hydrogen-bond donors (Lipinski definition) is 3. The summed E-state index contributed by atoms with van der Waals surface area (Å²) in [6.45, 7) is -0.710. The van der Waals surface area contributed by atoms with Crippen LogP contribution in [0.1, 0.15) is 10.4 Å². The minimum absolute atomic E-state index is 0.00395. The summed E-state index contributed by atoms with van der Waals surface area (Å²) in [5, 5.41) is 11.4. The van der Waals surface area contributed by atoms with Crippen LogP contribution in [0.25, 0.3) is 11.2 Å². The van der Waals surface area contributed by atoms with Crippen molar-refractivity contribution in [2.45, 2.75) is 6.54 Å². The van der Waals surface area contributed by atoms with Crippen LogP contribution < -0.4 is 16.6 Å². The summed E-state index contributed by atoms with van der Waals surface area (Å²) in [4.78, 5) is 53.7. The number of imidazole rings is 1. The van der Waals surface area contributed by atoms with E-state index < -0.39 is 23.8 Å². The van der Waals surface area contributed by atoms with Crippen molar-refractivity contribution in [3.05, 3.63) is 56.7 Å². The monoisotopic (exact) mass is 357 g/mol. The zero-order chi connectivity index (χ0) is 18.8. The van der Waals surface area contributed by atoms with E-state index in [1.807, 2.05) is 0 Å². The van der Waals surface area contributed by atoms with Crippen LogP contribution >= 0.6 is 0 Å². The average Bonchev–Trinajstić information content (AvgIpc) is 2.97. The van der Waals surface area contributed by atoms with E-state index in [0.29, 0.717) is 5.56 Å². The molecule has 0 radical (unpaired) electrons. The molecular formula is C16H15N5O5. The van der Waals surface area contributed by atoms with Crippen molar-refractivity contribution in [3.63, 3.8) is 0 Å². The fraction of sp³-hybridized carbons (Fsp3) is 0.188. The molecule has 3 N–H and O–H groups in total. The van der Waals surface area contributed by atoms with Crippen LogP contribution in [0.4, 0.5) is 5.95 Å². The highest BCUT2D eigenvalue weighted by Crippen LogP contribution is 2.16. The second-order valence-electron chi connectivity index (χ2n) is 5.55. The maximum atomic E-state index is 12.5. The molecule has 10 heteroatoms. The molecule has 3 rings (SSSR count). The minimum Gasteiger partial charge on any atom is -0.480 e. The number of benzene rings is 1. The zero-order valence-electron chi connectivity index (χ0n) is 13.7. The van der Waals surface area contributed by atoms with Crippen molar-refractivity contribution in [2.75, 3.05) is 11.9 Å². The van der Waals surface area contributed by atoms with Gasteiger partial charge in [-0.1, -0.05) is 30.3 Å². The van der Waals surface area contributed by atoms with Gasteiger partial charge in [-0.05, 0) is 0 Å². The molecule has 0 atom stereocenters. The van der Waals surface area contributed by atoms with Gasteiger partial charge in [0.05, 0.1) is 6.54 Å². The summed E-state index contributed by atoms with van der Waals surface area (Å²) < 4.78 is 2.39. The molecule has 2 heterocycles. The van der Waals surface area contributed by atoms with Crippen molar-refractivity contribution in [1.82, 2.24) is 19.1 Å². The first kappa shape index (κ1) is 17.1. The number of aromatic nitrogens is 4. The number of anilines is 1. The van der Waals surface area contributed by atoms with Crippen LogP contribution in [0.15, 0.2) is 39.9 Å². The van der Waals surface area contributed by atoms with Crippen LogP contribution in [0.3, 0.4) is 0 Å². The van der Waals surface area contributed by atoms with Gasteiger partial charge in [0.2, 0.25) is 5.95 Å². The fourth-order valence-electron chi connectivity index (χ4n) is 2.54. The molecular weight excluding hydrogens is 342 g/mol. The highest BCUT2D eigenvalue weighted by molar-refractivity contribution is 5.97. The third-order valence-electron chi connectivity index (χ3n) is 3.80. The lowest BCUT2D eigenvalue weighted by Crippen LogP contribution is -2.29. The third kappa shape index (κ3) is 3.11. The summed E-state index contributed by atoms with van der Waals surface area (Å²) in [5.74, 6) is -1.42. The topological polar surface area (TPSA) is 139 Å². The second kappa shape index (κ2) is 6.67. The van der Waals surface area contributed by atoms with Crippen molar-refractivity contribution >= 4 is 28.9 Å². The highest BCUT2D eigenvalue weighted by Gasteiger charge is 2.20. The van der Waals surface area contributed by atoms with E-state index in [1.165, 1.54) is 11.6 Å². The fourth-order valence-corrected chi connectivity index (χ4v) is 2.54. The molecule has 1 aromatic carbocycles. The first-order valence-corrected chi connectivity index (χ1v) is 7.62. The maximum absolute atomic E-state index is 12.5. The Balaban J connectivity index is 2.14.